The SMILES string of the molecule is CC(C)(C)C1CCN(C(=O)c2ccoc2Br)C1. The Morgan fingerprint density at radius 2 is 2.24 bits per heavy atom. The maximum Gasteiger partial charge on any atom is 0.258 e. The van der Waals surface area contributed by atoms with E-state index in [1.54, 1.807) is 6.07 Å². The first kappa shape index (κ1) is 12.7. The molecule has 1 aliphatic rings. The Balaban J connectivity index is 2.07. The van der Waals surface area contributed by atoms with Crippen LogP contribution in [0.5, 0.6) is 0 Å². The molecular formula is C13H18BrNO2. The van der Waals surface area contributed by atoms with Gasteiger partial charge in [0.2, 0.25) is 0 Å². The van der Waals surface area contributed by atoms with Crippen LogP contribution in [0, 0.1) is 11.3 Å². The molecular weight excluding hydrogens is 282 g/mol. The van der Waals surface area contributed by atoms with Crippen molar-refractivity contribution >= 4 is 21.8 Å². The van der Waals surface area contributed by atoms with Crippen LogP contribution in [0.1, 0.15) is 37.6 Å². The largest absolute Gasteiger partial charge is 0.457 e. The van der Waals surface area contributed by atoms with E-state index in [4.69, 9.17) is 4.42 Å². The van der Waals surface area contributed by atoms with Gasteiger partial charge in [0.1, 0.15) is 0 Å². The molecule has 17 heavy (non-hydrogen) atoms. The van der Waals surface area contributed by atoms with Gasteiger partial charge in [-0.25, -0.2) is 0 Å². The lowest BCUT2D eigenvalue weighted by Crippen LogP contribution is -2.31. The second-order valence-corrected chi connectivity index (χ2v) is 6.43. The van der Waals surface area contributed by atoms with Crippen molar-refractivity contribution in [2.45, 2.75) is 27.2 Å². The molecule has 0 bridgehead atoms. The highest BCUT2D eigenvalue weighted by Crippen LogP contribution is 2.34. The molecule has 4 heteroatoms. The summed E-state index contributed by atoms with van der Waals surface area (Å²) in [5, 5.41) is 0. The van der Waals surface area contributed by atoms with E-state index in [1.807, 2.05) is 4.90 Å². The molecule has 94 valence electrons. The summed E-state index contributed by atoms with van der Waals surface area (Å²) in [6.45, 7) is 8.40. The van der Waals surface area contributed by atoms with Gasteiger partial charge in [0, 0.05) is 13.1 Å². The van der Waals surface area contributed by atoms with Crippen molar-refractivity contribution in [2.75, 3.05) is 13.1 Å². The molecule has 1 aliphatic heterocycles. The summed E-state index contributed by atoms with van der Waals surface area (Å²) in [4.78, 5) is 14.2. The van der Waals surface area contributed by atoms with E-state index in [9.17, 15) is 4.79 Å². The number of furan rings is 1. The third-order valence-corrected chi connectivity index (χ3v) is 4.16. The van der Waals surface area contributed by atoms with Gasteiger partial charge in [-0.1, -0.05) is 20.8 Å². The van der Waals surface area contributed by atoms with Crippen LogP contribution >= 0.6 is 15.9 Å². The minimum Gasteiger partial charge on any atom is -0.457 e. The number of halogens is 1. The van der Waals surface area contributed by atoms with Crippen LogP contribution in [0.2, 0.25) is 0 Å². The summed E-state index contributed by atoms with van der Waals surface area (Å²) in [6, 6.07) is 1.72. The fraction of sp³-hybridized carbons (Fsp3) is 0.615. The van der Waals surface area contributed by atoms with E-state index in [0.717, 1.165) is 19.5 Å². The molecule has 1 fully saturated rings. The molecule has 0 N–H and O–H groups in total. The Labute approximate surface area is 110 Å². The molecule has 0 radical (unpaired) electrons. The van der Waals surface area contributed by atoms with Crippen molar-refractivity contribution in [2.24, 2.45) is 11.3 Å². The number of carbonyl (C=O) groups is 1. The second-order valence-electron chi connectivity index (χ2n) is 5.71. The number of carbonyl (C=O) groups excluding carboxylic acids is 1. The molecule has 2 heterocycles. The van der Waals surface area contributed by atoms with Gasteiger partial charge in [-0.2, -0.15) is 0 Å². The van der Waals surface area contributed by atoms with Crippen LogP contribution in [0.15, 0.2) is 21.4 Å². The van der Waals surface area contributed by atoms with Crippen molar-refractivity contribution in [1.29, 1.82) is 0 Å². The summed E-state index contributed by atoms with van der Waals surface area (Å²) in [6.07, 6.45) is 2.62. The van der Waals surface area contributed by atoms with E-state index >= 15 is 0 Å². The van der Waals surface area contributed by atoms with Crippen LogP contribution < -0.4 is 0 Å². The van der Waals surface area contributed by atoms with Crippen LogP contribution in [0.4, 0.5) is 0 Å². The number of hydrogen-bond donors (Lipinski definition) is 0. The van der Waals surface area contributed by atoms with Gasteiger partial charge in [-0.05, 0) is 39.8 Å². The van der Waals surface area contributed by atoms with E-state index in [-0.39, 0.29) is 11.3 Å². The molecule has 1 aromatic rings. The number of rotatable bonds is 1. The van der Waals surface area contributed by atoms with E-state index < -0.39 is 0 Å². The van der Waals surface area contributed by atoms with Gasteiger partial charge in [0.15, 0.2) is 4.67 Å². The van der Waals surface area contributed by atoms with Crippen molar-refractivity contribution in [1.82, 2.24) is 4.90 Å². The highest BCUT2D eigenvalue weighted by molar-refractivity contribution is 9.10. The zero-order valence-electron chi connectivity index (χ0n) is 10.5. The Hall–Kier alpha value is -0.770. The minimum atomic E-state index is 0.0670. The van der Waals surface area contributed by atoms with E-state index in [1.165, 1.54) is 6.26 Å². The predicted octanol–water partition coefficient (Wildman–Crippen LogP) is 3.55. The molecule has 2 rings (SSSR count). The number of amides is 1. The first-order chi connectivity index (χ1) is 7.89. The van der Waals surface area contributed by atoms with Crippen molar-refractivity contribution in [3.05, 3.63) is 22.6 Å². The fourth-order valence-corrected chi connectivity index (χ4v) is 2.68. The molecule has 1 amide bonds. The van der Waals surface area contributed by atoms with Gasteiger partial charge in [-0.3, -0.25) is 4.79 Å². The molecule has 3 nitrogen and oxygen atoms in total. The standard InChI is InChI=1S/C13H18BrNO2/c1-13(2,3)9-4-6-15(8-9)12(16)10-5-7-17-11(10)14/h5,7,9H,4,6,8H2,1-3H3. The predicted molar refractivity (Wildman–Crippen MR) is 69.9 cm³/mol. The number of nitrogens with zero attached hydrogens (tertiary/aromatic N) is 1. The molecule has 1 unspecified atom stereocenters. The molecule has 0 aromatic carbocycles. The van der Waals surface area contributed by atoms with Crippen molar-refractivity contribution < 1.29 is 9.21 Å². The molecule has 0 aliphatic carbocycles. The Kier molecular flexibility index (Phi) is 3.34. The summed E-state index contributed by atoms with van der Waals surface area (Å²) >= 11 is 3.25. The molecule has 1 saturated heterocycles. The molecule has 0 saturated carbocycles. The second kappa shape index (κ2) is 4.48. The highest BCUT2D eigenvalue weighted by atomic mass is 79.9. The topological polar surface area (TPSA) is 33.5 Å². The fourth-order valence-electron chi connectivity index (χ4n) is 2.27. The van der Waals surface area contributed by atoms with Crippen LogP contribution in [0.25, 0.3) is 0 Å². The smallest absolute Gasteiger partial charge is 0.258 e. The Bertz CT molecular complexity index is 419. The lowest BCUT2D eigenvalue weighted by molar-refractivity contribution is 0.0774. The summed E-state index contributed by atoms with van der Waals surface area (Å²) < 4.78 is 5.64. The third kappa shape index (κ3) is 2.57. The first-order valence-electron chi connectivity index (χ1n) is 5.92. The Morgan fingerprint density at radius 1 is 1.53 bits per heavy atom. The van der Waals surface area contributed by atoms with E-state index in [2.05, 4.69) is 36.7 Å². The summed E-state index contributed by atoms with van der Waals surface area (Å²) in [5.41, 5.74) is 0.891. The van der Waals surface area contributed by atoms with Gasteiger partial charge in [0.25, 0.3) is 5.91 Å². The normalized spacial score (nSPS) is 20.9. The van der Waals surface area contributed by atoms with Gasteiger partial charge >= 0.3 is 0 Å². The zero-order chi connectivity index (χ0) is 12.6. The number of likely N-dealkylation sites (tertiary alicyclic amines) is 1. The van der Waals surface area contributed by atoms with Gasteiger partial charge in [0.05, 0.1) is 11.8 Å². The van der Waals surface area contributed by atoms with Gasteiger partial charge in [-0.15, -0.1) is 0 Å². The van der Waals surface area contributed by atoms with Crippen molar-refractivity contribution in [3.63, 3.8) is 0 Å². The average molecular weight is 300 g/mol. The minimum absolute atomic E-state index is 0.0670. The number of hydrogen-bond acceptors (Lipinski definition) is 2. The third-order valence-electron chi connectivity index (χ3n) is 3.55. The quantitative estimate of drug-likeness (QED) is 0.794. The first-order valence-corrected chi connectivity index (χ1v) is 6.71. The maximum atomic E-state index is 12.2. The lowest BCUT2D eigenvalue weighted by Gasteiger charge is -2.26. The van der Waals surface area contributed by atoms with Crippen molar-refractivity contribution in [3.8, 4) is 0 Å². The molecule has 1 atom stereocenters. The lowest BCUT2D eigenvalue weighted by atomic mass is 9.80. The zero-order valence-corrected chi connectivity index (χ0v) is 12.1. The van der Waals surface area contributed by atoms with Crippen LogP contribution in [0.3, 0.4) is 0 Å². The van der Waals surface area contributed by atoms with Crippen LogP contribution in [-0.4, -0.2) is 23.9 Å². The summed E-state index contributed by atoms with van der Waals surface area (Å²) in [7, 11) is 0. The monoisotopic (exact) mass is 299 g/mol. The highest BCUT2D eigenvalue weighted by Gasteiger charge is 2.34. The maximum absolute atomic E-state index is 12.2. The molecule has 1 aromatic heterocycles. The summed E-state index contributed by atoms with van der Waals surface area (Å²) in [5.74, 6) is 0.648. The molecule has 0 spiro atoms. The van der Waals surface area contributed by atoms with E-state index in [0.29, 0.717) is 16.2 Å². The van der Waals surface area contributed by atoms with Gasteiger partial charge < -0.3 is 9.32 Å². The Morgan fingerprint density at radius 3 is 2.71 bits per heavy atom. The van der Waals surface area contributed by atoms with Crippen LogP contribution in [-0.2, 0) is 0 Å². The average Bonchev–Trinajstić information content (AvgIpc) is 2.83.